The Morgan fingerprint density at radius 1 is 1.21 bits per heavy atom. The lowest BCUT2D eigenvalue weighted by Crippen LogP contribution is -2.37. The molecule has 2 aliphatic heterocycles. The molecular formula is C21H26N4O3S. The summed E-state index contributed by atoms with van der Waals surface area (Å²) >= 11 is 1.98. The summed E-state index contributed by atoms with van der Waals surface area (Å²) in [6, 6.07) is 5.90. The Morgan fingerprint density at radius 3 is 2.66 bits per heavy atom. The second-order valence-corrected chi connectivity index (χ2v) is 8.86. The standard InChI is InChI=1S/C21H26N4O3S/c1-12-20(13(2)28-25-12)14-3-4-16(22-15-7-9-29-10-8-15)18(11-14)24-21(27)17-5-6-19(26)23-17/h3-4,11,15,17,22H,5-10H2,1-2H3,(H,23,26)(H,24,27). The van der Waals surface area contributed by atoms with Gasteiger partial charge in [0.05, 0.1) is 17.1 Å². The number of aryl methyl sites for hydroxylation is 2. The van der Waals surface area contributed by atoms with Crippen molar-refractivity contribution in [3.05, 3.63) is 29.7 Å². The smallest absolute Gasteiger partial charge is 0.247 e. The fraction of sp³-hybridized carbons (Fsp3) is 0.476. The van der Waals surface area contributed by atoms with Crippen molar-refractivity contribution in [2.45, 2.75) is 51.6 Å². The first-order chi connectivity index (χ1) is 14.0. The fourth-order valence-corrected chi connectivity index (χ4v) is 5.02. The SMILES string of the molecule is Cc1noc(C)c1-c1ccc(NC2CCSCC2)c(NC(=O)C2CCC(=O)N2)c1. The van der Waals surface area contributed by atoms with Gasteiger partial charge < -0.3 is 20.5 Å². The molecule has 0 radical (unpaired) electrons. The topological polar surface area (TPSA) is 96.3 Å². The fourth-order valence-electron chi connectivity index (χ4n) is 3.92. The van der Waals surface area contributed by atoms with E-state index in [0.29, 0.717) is 24.6 Å². The van der Waals surface area contributed by atoms with E-state index in [1.807, 2.05) is 43.8 Å². The molecule has 2 amide bonds. The Morgan fingerprint density at radius 2 is 2.00 bits per heavy atom. The van der Waals surface area contributed by atoms with Crippen molar-refractivity contribution in [3.8, 4) is 11.1 Å². The van der Waals surface area contributed by atoms with Crippen molar-refractivity contribution in [2.24, 2.45) is 0 Å². The van der Waals surface area contributed by atoms with Crippen LogP contribution < -0.4 is 16.0 Å². The Balaban J connectivity index is 1.63. The predicted octanol–water partition coefficient (Wildman–Crippen LogP) is 3.48. The molecule has 3 heterocycles. The molecule has 154 valence electrons. The van der Waals surface area contributed by atoms with E-state index in [1.165, 1.54) is 0 Å². The van der Waals surface area contributed by atoms with Crippen molar-refractivity contribution >= 4 is 35.0 Å². The molecule has 0 spiro atoms. The first-order valence-corrected chi connectivity index (χ1v) is 11.2. The second kappa shape index (κ2) is 8.49. The number of benzene rings is 1. The predicted molar refractivity (Wildman–Crippen MR) is 115 cm³/mol. The molecule has 2 aromatic rings. The first-order valence-electron chi connectivity index (χ1n) is 10.0. The van der Waals surface area contributed by atoms with Crippen molar-refractivity contribution < 1.29 is 14.1 Å². The van der Waals surface area contributed by atoms with Crippen LogP contribution in [0.5, 0.6) is 0 Å². The molecular weight excluding hydrogens is 388 g/mol. The van der Waals surface area contributed by atoms with Gasteiger partial charge >= 0.3 is 0 Å². The van der Waals surface area contributed by atoms with Gasteiger partial charge in [-0.1, -0.05) is 11.2 Å². The summed E-state index contributed by atoms with van der Waals surface area (Å²) in [6.07, 6.45) is 3.11. The van der Waals surface area contributed by atoms with Crippen LogP contribution in [-0.4, -0.2) is 40.6 Å². The van der Waals surface area contributed by atoms with Crippen LogP contribution in [-0.2, 0) is 9.59 Å². The second-order valence-electron chi connectivity index (χ2n) is 7.64. The summed E-state index contributed by atoms with van der Waals surface area (Å²) in [7, 11) is 0. The van der Waals surface area contributed by atoms with E-state index in [4.69, 9.17) is 4.52 Å². The number of hydrogen-bond donors (Lipinski definition) is 3. The minimum atomic E-state index is -0.482. The van der Waals surface area contributed by atoms with Crippen LogP contribution in [0.25, 0.3) is 11.1 Å². The minimum Gasteiger partial charge on any atom is -0.381 e. The molecule has 3 N–H and O–H groups in total. The summed E-state index contributed by atoms with van der Waals surface area (Å²) in [4.78, 5) is 24.3. The molecule has 4 rings (SSSR count). The maximum atomic E-state index is 12.7. The van der Waals surface area contributed by atoms with Gasteiger partial charge in [-0.2, -0.15) is 11.8 Å². The number of carbonyl (C=O) groups is 2. The van der Waals surface area contributed by atoms with Gasteiger partial charge in [-0.3, -0.25) is 9.59 Å². The number of amides is 2. The van der Waals surface area contributed by atoms with Crippen molar-refractivity contribution in [1.29, 1.82) is 0 Å². The maximum Gasteiger partial charge on any atom is 0.247 e. The molecule has 2 aliphatic rings. The van der Waals surface area contributed by atoms with Crippen LogP contribution in [0.3, 0.4) is 0 Å². The molecule has 0 aliphatic carbocycles. The van der Waals surface area contributed by atoms with Gasteiger partial charge in [0.25, 0.3) is 0 Å². The molecule has 1 atom stereocenters. The molecule has 2 fully saturated rings. The minimum absolute atomic E-state index is 0.0762. The van der Waals surface area contributed by atoms with Crippen LogP contribution in [0.1, 0.15) is 37.1 Å². The normalized spacial score (nSPS) is 19.8. The van der Waals surface area contributed by atoms with E-state index in [2.05, 4.69) is 21.1 Å². The Kier molecular flexibility index (Phi) is 5.80. The van der Waals surface area contributed by atoms with Gasteiger partial charge in [0.15, 0.2) is 0 Å². The maximum absolute atomic E-state index is 12.7. The highest BCUT2D eigenvalue weighted by molar-refractivity contribution is 7.99. The van der Waals surface area contributed by atoms with Gasteiger partial charge in [0.2, 0.25) is 11.8 Å². The van der Waals surface area contributed by atoms with E-state index in [1.54, 1.807) is 0 Å². The monoisotopic (exact) mass is 414 g/mol. The third-order valence-electron chi connectivity index (χ3n) is 5.49. The lowest BCUT2D eigenvalue weighted by atomic mass is 10.0. The molecule has 7 nitrogen and oxygen atoms in total. The summed E-state index contributed by atoms with van der Waals surface area (Å²) in [5.74, 6) is 2.77. The molecule has 29 heavy (non-hydrogen) atoms. The van der Waals surface area contributed by atoms with Crippen LogP contribution in [0, 0.1) is 13.8 Å². The lowest BCUT2D eigenvalue weighted by Gasteiger charge is -2.25. The average molecular weight is 415 g/mol. The van der Waals surface area contributed by atoms with Crippen LogP contribution in [0.4, 0.5) is 11.4 Å². The highest BCUT2D eigenvalue weighted by Crippen LogP contribution is 2.34. The number of anilines is 2. The zero-order valence-corrected chi connectivity index (χ0v) is 17.5. The van der Waals surface area contributed by atoms with E-state index < -0.39 is 6.04 Å². The molecule has 2 saturated heterocycles. The zero-order chi connectivity index (χ0) is 20.4. The molecule has 1 aromatic carbocycles. The van der Waals surface area contributed by atoms with E-state index in [9.17, 15) is 9.59 Å². The van der Waals surface area contributed by atoms with E-state index in [-0.39, 0.29) is 11.8 Å². The van der Waals surface area contributed by atoms with E-state index >= 15 is 0 Å². The number of hydrogen-bond acceptors (Lipinski definition) is 6. The number of rotatable bonds is 5. The number of thioether (sulfide) groups is 1. The van der Waals surface area contributed by atoms with Crippen molar-refractivity contribution in [1.82, 2.24) is 10.5 Å². The highest BCUT2D eigenvalue weighted by Gasteiger charge is 2.28. The summed E-state index contributed by atoms with van der Waals surface area (Å²) in [5, 5.41) is 13.4. The number of carbonyl (C=O) groups excluding carboxylic acids is 2. The van der Waals surface area contributed by atoms with Gasteiger partial charge in [0.1, 0.15) is 11.8 Å². The molecule has 0 bridgehead atoms. The largest absolute Gasteiger partial charge is 0.381 e. The van der Waals surface area contributed by atoms with Gasteiger partial charge in [-0.05, 0) is 62.3 Å². The number of nitrogens with zero attached hydrogens (tertiary/aromatic N) is 1. The third-order valence-corrected chi connectivity index (χ3v) is 6.54. The first kappa shape index (κ1) is 19.8. The molecule has 0 saturated carbocycles. The van der Waals surface area contributed by atoms with Gasteiger partial charge in [-0.25, -0.2) is 0 Å². The van der Waals surface area contributed by atoms with Crippen LogP contribution >= 0.6 is 11.8 Å². The van der Waals surface area contributed by atoms with Crippen molar-refractivity contribution in [3.63, 3.8) is 0 Å². The quantitative estimate of drug-likeness (QED) is 0.693. The summed E-state index contributed by atoms with van der Waals surface area (Å²) in [6.45, 7) is 3.79. The Hall–Kier alpha value is -2.48. The summed E-state index contributed by atoms with van der Waals surface area (Å²) < 4.78 is 5.31. The van der Waals surface area contributed by atoms with Crippen LogP contribution in [0.2, 0.25) is 0 Å². The number of nitrogens with one attached hydrogen (secondary N) is 3. The van der Waals surface area contributed by atoms with Crippen molar-refractivity contribution in [2.75, 3.05) is 22.1 Å². The Bertz CT molecular complexity index is 901. The molecule has 1 unspecified atom stereocenters. The summed E-state index contributed by atoms with van der Waals surface area (Å²) in [5.41, 5.74) is 4.31. The lowest BCUT2D eigenvalue weighted by molar-refractivity contribution is -0.122. The zero-order valence-electron chi connectivity index (χ0n) is 16.7. The van der Waals surface area contributed by atoms with Crippen LogP contribution in [0.15, 0.2) is 22.7 Å². The average Bonchev–Trinajstić information content (AvgIpc) is 3.29. The third kappa shape index (κ3) is 4.42. The van der Waals surface area contributed by atoms with Gasteiger partial charge in [0, 0.05) is 18.0 Å². The Labute approximate surface area is 174 Å². The van der Waals surface area contributed by atoms with Gasteiger partial charge in [-0.15, -0.1) is 0 Å². The number of aromatic nitrogens is 1. The van der Waals surface area contributed by atoms with E-state index in [0.717, 1.165) is 52.6 Å². The highest BCUT2D eigenvalue weighted by atomic mass is 32.2. The molecule has 1 aromatic heterocycles. The molecule has 8 heteroatoms.